The molecule has 0 aliphatic rings. The van der Waals surface area contributed by atoms with E-state index in [9.17, 15) is 0 Å². The van der Waals surface area contributed by atoms with Crippen LogP contribution in [-0.2, 0) is 0 Å². The van der Waals surface area contributed by atoms with Crippen molar-refractivity contribution in [3.05, 3.63) is 17.5 Å². The number of pyridine rings is 1. The summed E-state index contributed by atoms with van der Waals surface area (Å²) < 4.78 is 1.73. The van der Waals surface area contributed by atoms with Crippen LogP contribution in [0.5, 0.6) is 0 Å². The smallest absolute Gasteiger partial charge is 0.135 e. The van der Waals surface area contributed by atoms with Crippen molar-refractivity contribution < 1.29 is 0 Å². The maximum absolute atomic E-state index is 4.30. The summed E-state index contributed by atoms with van der Waals surface area (Å²) in [4.78, 5) is 4.30. The molecule has 0 bridgehead atoms. The molecule has 4 nitrogen and oxygen atoms in total. The highest BCUT2D eigenvalue weighted by molar-refractivity contribution is 14.1. The van der Waals surface area contributed by atoms with Crippen molar-refractivity contribution in [2.75, 3.05) is 0 Å². The van der Waals surface area contributed by atoms with E-state index < -0.39 is 0 Å². The Morgan fingerprint density at radius 1 is 1.42 bits per heavy atom. The van der Waals surface area contributed by atoms with Gasteiger partial charge >= 0.3 is 0 Å². The molecule has 0 fully saturated rings. The molecule has 0 spiro atoms. The molecule has 12 heavy (non-hydrogen) atoms. The van der Waals surface area contributed by atoms with Gasteiger partial charge in [0.05, 0.1) is 28.6 Å². The van der Waals surface area contributed by atoms with Crippen molar-refractivity contribution in [2.24, 2.45) is 0 Å². The maximum Gasteiger partial charge on any atom is 0.135 e. The second-order valence-electron chi connectivity index (χ2n) is 2.67. The van der Waals surface area contributed by atoms with Gasteiger partial charge in [-0.2, -0.15) is 2.90 Å². The van der Waals surface area contributed by atoms with E-state index in [0.717, 1.165) is 22.4 Å². The number of halogens is 1. The Hall–Kier alpha value is -0.720. The lowest BCUT2D eigenvalue weighted by molar-refractivity contribution is 0.937. The van der Waals surface area contributed by atoms with Gasteiger partial charge in [0.15, 0.2) is 0 Å². The summed E-state index contributed by atoms with van der Waals surface area (Å²) >= 11 is 2.10. The van der Waals surface area contributed by atoms with E-state index in [-0.39, 0.29) is 0 Å². The van der Waals surface area contributed by atoms with E-state index >= 15 is 0 Å². The van der Waals surface area contributed by atoms with Crippen LogP contribution >= 0.6 is 22.9 Å². The highest BCUT2D eigenvalue weighted by atomic mass is 127. The molecule has 0 N–H and O–H groups in total. The summed E-state index contributed by atoms with van der Waals surface area (Å²) in [5, 5.41) is 7.91. The lowest BCUT2D eigenvalue weighted by Crippen LogP contribution is -1.88. The molecule has 0 unspecified atom stereocenters. The van der Waals surface area contributed by atoms with Crippen molar-refractivity contribution in [1.82, 2.24) is 18.2 Å². The third-order valence-electron chi connectivity index (χ3n) is 1.70. The number of fused-ring (bicyclic) bond motifs is 1. The Morgan fingerprint density at radius 2 is 2.17 bits per heavy atom. The normalized spacial score (nSPS) is 10.9. The molecule has 2 heterocycles. The topological polar surface area (TPSA) is 43.6 Å². The van der Waals surface area contributed by atoms with Crippen LogP contribution in [0.25, 0.3) is 11.0 Å². The van der Waals surface area contributed by atoms with Crippen LogP contribution in [0.2, 0.25) is 0 Å². The van der Waals surface area contributed by atoms with E-state index in [1.54, 1.807) is 2.90 Å². The lowest BCUT2D eigenvalue weighted by Gasteiger charge is -1.95. The molecule has 2 rings (SSSR count). The minimum absolute atomic E-state index is 0.884. The van der Waals surface area contributed by atoms with Gasteiger partial charge in [-0.1, -0.05) is 5.21 Å². The molecule has 2 aromatic heterocycles. The summed E-state index contributed by atoms with van der Waals surface area (Å²) in [6, 6.07) is 1.98. The number of hydrogen-bond acceptors (Lipinski definition) is 3. The Kier molecular flexibility index (Phi) is 1.75. The van der Waals surface area contributed by atoms with Crippen LogP contribution in [-0.4, -0.2) is 18.2 Å². The van der Waals surface area contributed by atoms with E-state index in [1.807, 2.05) is 19.9 Å². The van der Waals surface area contributed by atoms with E-state index in [2.05, 4.69) is 38.2 Å². The van der Waals surface area contributed by atoms with Gasteiger partial charge in [0.25, 0.3) is 0 Å². The largest absolute Gasteiger partial charge is 0.256 e. The highest BCUT2D eigenvalue weighted by Crippen LogP contribution is 2.16. The maximum atomic E-state index is 4.30. The molecule has 0 aliphatic carbocycles. The fourth-order valence-corrected chi connectivity index (χ4v) is 1.66. The van der Waals surface area contributed by atoms with E-state index in [4.69, 9.17) is 0 Å². The van der Waals surface area contributed by atoms with Crippen molar-refractivity contribution in [3.8, 4) is 0 Å². The van der Waals surface area contributed by atoms with Crippen LogP contribution in [0.4, 0.5) is 0 Å². The Balaban J connectivity index is 2.92. The number of aryl methyl sites for hydroxylation is 2. The van der Waals surface area contributed by atoms with Crippen molar-refractivity contribution in [2.45, 2.75) is 13.8 Å². The van der Waals surface area contributed by atoms with Crippen LogP contribution < -0.4 is 0 Å². The number of rotatable bonds is 0. The molecule has 0 aromatic carbocycles. The number of nitrogens with zero attached hydrogens (tertiary/aromatic N) is 4. The lowest BCUT2D eigenvalue weighted by atomic mass is 10.3. The first-order chi connectivity index (χ1) is 5.68. The number of hydrogen-bond donors (Lipinski definition) is 0. The minimum Gasteiger partial charge on any atom is -0.256 e. The van der Waals surface area contributed by atoms with Gasteiger partial charge in [-0.25, -0.2) is 0 Å². The molecule has 0 saturated carbocycles. The van der Waals surface area contributed by atoms with Gasteiger partial charge in [0.1, 0.15) is 11.0 Å². The monoisotopic (exact) mass is 274 g/mol. The summed E-state index contributed by atoms with van der Waals surface area (Å²) in [7, 11) is 0. The predicted octanol–water partition coefficient (Wildman–Crippen LogP) is 1.64. The zero-order valence-electron chi connectivity index (χ0n) is 6.74. The molecular formula is C7H7IN4. The molecule has 0 radical (unpaired) electrons. The van der Waals surface area contributed by atoms with E-state index in [1.165, 1.54) is 0 Å². The number of aromatic nitrogens is 4. The molecule has 0 atom stereocenters. The zero-order chi connectivity index (χ0) is 8.72. The van der Waals surface area contributed by atoms with Crippen LogP contribution in [0.1, 0.15) is 11.4 Å². The molecule has 2 aromatic rings. The summed E-state index contributed by atoms with van der Waals surface area (Å²) in [6.07, 6.45) is 0. The summed E-state index contributed by atoms with van der Waals surface area (Å²) in [6.45, 7) is 3.91. The fourth-order valence-electron chi connectivity index (χ4n) is 1.20. The first kappa shape index (κ1) is 7.90. The van der Waals surface area contributed by atoms with Gasteiger partial charge < -0.3 is 0 Å². The van der Waals surface area contributed by atoms with E-state index in [0.29, 0.717) is 0 Å². The van der Waals surface area contributed by atoms with Crippen molar-refractivity contribution in [1.29, 1.82) is 0 Å². The SMILES string of the molecule is Cc1cc2c(nnn2I)c(C)n1. The van der Waals surface area contributed by atoms with Gasteiger partial charge in [-0.05, 0) is 19.9 Å². The van der Waals surface area contributed by atoms with Crippen molar-refractivity contribution >= 4 is 33.9 Å². The second kappa shape index (κ2) is 2.65. The molecule has 62 valence electrons. The second-order valence-corrected chi connectivity index (χ2v) is 3.58. The fraction of sp³-hybridized carbons (Fsp3) is 0.286. The first-order valence-electron chi connectivity index (χ1n) is 3.54. The molecule has 5 heteroatoms. The summed E-state index contributed by atoms with van der Waals surface area (Å²) in [5.74, 6) is 0. The van der Waals surface area contributed by atoms with Gasteiger partial charge in [-0.15, -0.1) is 5.10 Å². The zero-order valence-corrected chi connectivity index (χ0v) is 8.90. The van der Waals surface area contributed by atoms with Crippen LogP contribution in [0.15, 0.2) is 6.07 Å². The van der Waals surface area contributed by atoms with Gasteiger partial charge in [0, 0.05) is 5.69 Å². The van der Waals surface area contributed by atoms with Crippen LogP contribution in [0, 0.1) is 13.8 Å². The van der Waals surface area contributed by atoms with Crippen LogP contribution in [0.3, 0.4) is 0 Å². The third-order valence-corrected chi connectivity index (χ3v) is 2.41. The average Bonchev–Trinajstić information content (AvgIpc) is 2.33. The Bertz CT molecular complexity index is 434. The molecular weight excluding hydrogens is 267 g/mol. The molecule has 0 amide bonds. The predicted molar refractivity (Wildman–Crippen MR) is 54.2 cm³/mol. The standard InChI is InChI=1S/C7H7IN4/c1-4-3-6-7(5(2)9-4)10-11-12(6)8/h3H,1-2H3. The highest BCUT2D eigenvalue weighted by Gasteiger charge is 2.06. The molecule has 0 aliphatic heterocycles. The van der Waals surface area contributed by atoms with Gasteiger partial charge in [0.2, 0.25) is 0 Å². The average molecular weight is 274 g/mol. The van der Waals surface area contributed by atoms with Gasteiger partial charge in [-0.3, -0.25) is 4.98 Å². The first-order valence-corrected chi connectivity index (χ1v) is 4.51. The Morgan fingerprint density at radius 3 is 2.92 bits per heavy atom. The van der Waals surface area contributed by atoms with Crippen molar-refractivity contribution in [3.63, 3.8) is 0 Å². The summed E-state index contributed by atoms with van der Waals surface area (Å²) in [5.41, 5.74) is 3.85. The quantitative estimate of drug-likeness (QED) is 0.686. The molecule has 0 saturated heterocycles. The minimum atomic E-state index is 0.884. The third kappa shape index (κ3) is 1.08. The Labute approximate surface area is 83.5 Å².